The van der Waals surface area contributed by atoms with Crippen molar-refractivity contribution in [2.24, 2.45) is 0 Å². The SMILES string of the molecule is CCCC(C)(C)OC(=O)OCc1ccccc1. The maximum absolute atomic E-state index is 11.5. The van der Waals surface area contributed by atoms with Gasteiger partial charge in [-0.15, -0.1) is 0 Å². The van der Waals surface area contributed by atoms with Crippen LogP contribution in [-0.2, 0) is 16.1 Å². The molecule has 94 valence electrons. The van der Waals surface area contributed by atoms with Crippen LogP contribution in [0.2, 0.25) is 0 Å². The molecule has 17 heavy (non-hydrogen) atoms. The average Bonchev–Trinajstić information content (AvgIpc) is 2.27. The molecular weight excluding hydrogens is 216 g/mol. The summed E-state index contributed by atoms with van der Waals surface area (Å²) in [7, 11) is 0. The second kappa shape index (κ2) is 6.28. The fraction of sp³-hybridized carbons (Fsp3) is 0.500. The van der Waals surface area contributed by atoms with E-state index in [9.17, 15) is 4.79 Å². The molecule has 0 unspecified atom stereocenters. The summed E-state index contributed by atoms with van der Waals surface area (Å²) < 4.78 is 10.3. The second-order valence-electron chi connectivity index (χ2n) is 4.64. The van der Waals surface area contributed by atoms with Crippen LogP contribution < -0.4 is 0 Å². The number of rotatable bonds is 5. The number of carbonyl (C=O) groups is 1. The highest BCUT2D eigenvalue weighted by molar-refractivity contribution is 5.60. The third kappa shape index (κ3) is 5.38. The molecule has 3 heteroatoms. The summed E-state index contributed by atoms with van der Waals surface area (Å²) in [5.41, 5.74) is 0.500. The summed E-state index contributed by atoms with van der Waals surface area (Å²) in [5.74, 6) is 0. The molecule has 1 rings (SSSR count). The van der Waals surface area contributed by atoms with Crippen molar-refractivity contribution in [1.82, 2.24) is 0 Å². The minimum Gasteiger partial charge on any atom is -0.429 e. The first kappa shape index (κ1) is 13.6. The molecule has 1 aromatic carbocycles. The molecule has 0 aliphatic heterocycles. The Bertz CT molecular complexity index is 344. The fourth-order valence-corrected chi connectivity index (χ4v) is 1.62. The van der Waals surface area contributed by atoms with Crippen LogP contribution in [0.4, 0.5) is 4.79 Å². The molecule has 3 nitrogen and oxygen atoms in total. The lowest BCUT2D eigenvalue weighted by molar-refractivity contribution is -0.0238. The normalized spacial score (nSPS) is 11.0. The van der Waals surface area contributed by atoms with Gasteiger partial charge in [0.2, 0.25) is 0 Å². The lowest BCUT2D eigenvalue weighted by Gasteiger charge is -2.23. The number of carbonyl (C=O) groups excluding carboxylic acids is 1. The van der Waals surface area contributed by atoms with Crippen molar-refractivity contribution in [3.8, 4) is 0 Å². The van der Waals surface area contributed by atoms with Gasteiger partial charge in [-0.1, -0.05) is 43.7 Å². The van der Waals surface area contributed by atoms with Gasteiger partial charge in [-0.3, -0.25) is 0 Å². The zero-order valence-electron chi connectivity index (χ0n) is 10.7. The maximum Gasteiger partial charge on any atom is 0.509 e. The molecule has 0 spiro atoms. The van der Waals surface area contributed by atoms with E-state index in [1.165, 1.54) is 0 Å². The molecule has 0 N–H and O–H groups in total. The summed E-state index contributed by atoms with van der Waals surface area (Å²) in [5, 5.41) is 0. The molecule has 0 fully saturated rings. The van der Waals surface area contributed by atoms with Gasteiger partial charge < -0.3 is 9.47 Å². The Balaban J connectivity index is 2.35. The van der Waals surface area contributed by atoms with Crippen molar-refractivity contribution >= 4 is 6.16 Å². The van der Waals surface area contributed by atoms with E-state index < -0.39 is 11.8 Å². The Kier molecular flexibility index (Phi) is 5.01. The molecule has 0 saturated carbocycles. The highest BCUT2D eigenvalue weighted by atomic mass is 16.7. The van der Waals surface area contributed by atoms with Gasteiger partial charge in [-0.2, -0.15) is 0 Å². The standard InChI is InChI=1S/C14H20O3/c1-4-10-14(2,3)17-13(15)16-11-12-8-6-5-7-9-12/h5-9H,4,10-11H2,1-3H3. The van der Waals surface area contributed by atoms with E-state index in [0.717, 1.165) is 18.4 Å². The van der Waals surface area contributed by atoms with E-state index in [2.05, 4.69) is 6.92 Å². The van der Waals surface area contributed by atoms with Crippen LogP contribution >= 0.6 is 0 Å². The topological polar surface area (TPSA) is 35.5 Å². The van der Waals surface area contributed by atoms with Gasteiger partial charge in [-0.25, -0.2) is 4.79 Å². The van der Waals surface area contributed by atoms with Gasteiger partial charge in [0.15, 0.2) is 0 Å². The molecule has 0 atom stereocenters. The van der Waals surface area contributed by atoms with Crippen molar-refractivity contribution in [1.29, 1.82) is 0 Å². The van der Waals surface area contributed by atoms with E-state index in [1.54, 1.807) is 0 Å². The maximum atomic E-state index is 11.5. The highest BCUT2D eigenvalue weighted by Crippen LogP contribution is 2.17. The Morgan fingerprint density at radius 3 is 2.47 bits per heavy atom. The molecule has 1 aromatic rings. The third-order valence-corrected chi connectivity index (χ3v) is 2.41. The van der Waals surface area contributed by atoms with Gasteiger partial charge in [0.25, 0.3) is 0 Å². The molecule has 0 radical (unpaired) electrons. The van der Waals surface area contributed by atoms with Crippen molar-refractivity contribution in [2.75, 3.05) is 0 Å². The molecule has 0 saturated heterocycles. The van der Waals surface area contributed by atoms with Gasteiger partial charge in [0.05, 0.1) is 0 Å². The van der Waals surface area contributed by atoms with Crippen LogP contribution in [0.25, 0.3) is 0 Å². The summed E-state index contributed by atoms with van der Waals surface area (Å²) in [4.78, 5) is 11.5. The molecule has 0 amide bonds. The summed E-state index contributed by atoms with van der Waals surface area (Å²) >= 11 is 0. The number of hydrogen-bond acceptors (Lipinski definition) is 3. The van der Waals surface area contributed by atoms with Crippen molar-refractivity contribution in [3.63, 3.8) is 0 Å². The van der Waals surface area contributed by atoms with Gasteiger partial charge in [-0.05, 0) is 25.8 Å². The summed E-state index contributed by atoms with van der Waals surface area (Å²) in [6.45, 7) is 6.09. The Morgan fingerprint density at radius 1 is 1.24 bits per heavy atom. The predicted molar refractivity (Wildman–Crippen MR) is 66.7 cm³/mol. The summed E-state index contributed by atoms with van der Waals surface area (Å²) in [6.07, 6.45) is 1.19. The average molecular weight is 236 g/mol. The third-order valence-electron chi connectivity index (χ3n) is 2.41. The summed E-state index contributed by atoms with van der Waals surface area (Å²) in [6, 6.07) is 9.55. The monoisotopic (exact) mass is 236 g/mol. The Hall–Kier alpha value is -1.51. The molecule has 0 aromatic heterocycles. The zero-order valence-corrected chi connectivity index (χ0v) is 10.7. The van der Waals surface area contributed by atoms with Crippen LogP contribution in [-0.4, -0.2) is 11.8 Å². The van der Waals surface area contributed by atoms with Crippen LogP contribution in [0.5, 0.6) is 0 Å². The second-order valence-corrected chi connectivity index (χ2v) is 4.64. The zero-order chi connectivity index (χ0) is 12.7. The fourth-order valence-electron chi connectivity index (χ4n) is 1.62. The van der Waals surface area contributed by atoms with Crippen LogP contribution in [0.15, 0.2) is 30.3 Å². The highest BCUT2D eigenvalue weighted by Gasteiger charge is 2.22. The number of hydrogen-bond donors (Lipinski definition) is 0. The smallest absolute Gasteiger partial charge is 0.429 e. The molecule has 0 heterocycles. The molecule has 0 aliphatic rings. The van der Waals surface area contributed by atoms with E-state index in [0.29, 0.717) is 0 Å². The Labute approximate surface area is 103 Å². The first-order valence-corrected chi connectivity index (χ1v) is 5.93. The number of ether oxygens (including phenoxy) is 2. The van der Waals surface area contributed by atoms with E-state index >= 15 is 0 Å². The van der Waals surface area contributed by atoms with Crippen LogP contribution in [0, 0.1) is 0 Å². The number of benzene rings is 1. The van der Waals surface area contributed by atoms with E-state index in [-0.39, 0.29) is 6.61 Å². The minimum atomic E-state index is -0.604. The lowest BCUT2D eigenvalue weighted by atomic mass is 10.0. The van der Waals surface area contributed by atoms with Gasteiger partial charge in [0.1, 0.15) is 12.2 Å². The first-order valence-electron chi connectivity index (χ1n) is 5.93. The van der Waals surface area contributed by atoms with Crippen molar-refractivity contribution in [3.05, 3.63) is 35.9 Å². The van der Waals surface area contributed by atoms with E-state index in [4.69, 9.17) is 9.47 Å². The van der Waals surface area contributed by atoms with E-state index in [1.807, 2.05) is 44.2 Å². The van der Waals surface area contributed by atoms with Crippen molar-refractivity contribution < 1.29 is 14.3 Å². The minimum absolute atomic E-state index is 0.252. The largest absolute Gasteiger partial charge is 0.509 e. The van der Waals surface area contributed by atoms with Gasteiger partial charge >= 0.3 is 6.16 Å². The van der Waals surface area contributed by atoms with Crippen LogP contribution in [0.1, 0.15) is 39.2 Å². The van der Waals surface area contributed by atoms with Gasteiger partial charge in [0, 0.05) is 0 Å². The lowest BCUT2D eigenvalue weighted by Crippen LogP contribution is -2.28. The molecule has 0 bridgehead atoms. The van der Waals surface area contributed by atoms with Crippen LogP contribution in [0.3, 0.4) is 0 Å². The van der Waals surface area contributed by atoms with Crippen molar-refractivity contribution in [2.45, 2.75) is 45.8 Å². The predicted octanol–water partition coefficient (Wildman–Crippen LogP) is 3.92. The quantitative estimate of drug-likeness (QED) is 0.727. The molecular formula is C14H20O3. The Morgan fingerprint density at radius 2 is 1.88 bits per heavy atom. The first-order chi connectivity index (χ1) is 8.03. The molecule has 0 aliphatic carbocycles.